The highest BCUT2D eigenvalue weighted by molar-refractivity contribution is 7.10. The van der Waals surface area contributed by atoms with Gasteiger partial charge in [0.2, 0.25) is 0 Å². The number of hydrogen-bond acceptors (Lipinski definition) is 2. The van der Waals surface area contributed by atoms with Gasteiger partial charge in [0, 0.05) is 5.41 Å². The summed E-state index contributed by atoms with van der Waals surface area (Å²) in [6.07, 6.45) is 12.2. The van der Waals surface area contributed by atoms with Crippen molar-refractivity contribution in [2.45, 2.75) is 33.1 Å². The number of H-pyrrole nitrogens is 1. The number of aromatic nitrogens is 1. The molecule has 1 N–H and O–H groups in total. The van der Waals surface area contributed by atoms with Crippen molar-refractivity contribution in [1.29, 1.82) is 0 Å². The average molecular weight is 235 g/mol. The first kappa shape index (κ1) is 11.4. The van der Waals surface area contributed by atoms with E-state index in [0.29, 0.717) is 0 Å². The zero-order valence-electron chi connectivity index (χ0n) is 9.75. The first-order chi connectivity index (χ1) is 7.63. The Labute approximate surface area is 99.7 Å². The fourth-order valence-electron chi connectivity index (χ4n) is 1.92. The summed E-state index contributed by atoms with van der Waals surface area (Å²) in [5.74, 6) is 0. The highest BCUT2D eigenvalue weighted by atomic mass is 32.1. The summed E-state index contributed by atoms with van der Waals surface area (Å²) in [4.78, 5) is 15.1. The summed E-state index contributed by atoms with van der Waals surface area (Å²) < 4.78 is 0. The molecule has 1 aromatic heterocycles. The van der Waals surface area contributed by atoms with Crippen LogP contribution in [0.2, 0.25) is 0 Å². The van der Waals surface area contributed by atoms with Crippen molar-refractivity contribution >= 4 is 23.5 Å². The molecule has 2 rings (SSSR count). The number of thiazole rings is 1. The predicted octanol–water partition coefficient (Wildman–Crippen LogP) is 3.67. The second-order valence-corrected chi connectivity index (χ2v) is 5.58. The summed E-state index contributed by atoms with van der Waals surface area (Å²) in [7, 11) is 0. The topological polar surface area (TPSA) is 32.9 Å². The van der Waals surface area contributed by atoms with E-state index in [4.69, 9.17) is 0 Å². The summed E-state index contributed by atoms with van der Waals surface area (Å²) in [5, 5.41) is 0. The Morgan fingerprint density at radius 3 is 2.88 bits per heavy atom. The van der Waals surface area contributed by atoms with E-state index in [9.17, 15) is 4.79 Å². The lowest BCUT2D eigenvalue weighted by molar-refractivity contribution is 0.479. The van der Waals surface area contributed by atoms with Crippen molar-refractivity contribution in [3.05, 3.63) is 32.4 Å². The third-order valence-corrected chi connectivity index (χ3v) is 3.88. The molecule has 2 nitrogen and oxygen atoms in total. The standard InChI is InChI=1S/C13H17NOS/c1-3-4-7-13(2)8-5-10-11(6-9-13)16-12(15)14-10/h5-6,8-9H,3-4,7H2,1-2H3,(H,14,15). The van der Waals surface area contributed by atoms with Crippen LogP contribution in [0.3, 0.4) is 0 Å². The maximum atomic E-state index is 11.2. The molecule has 0 radical (unpaired) electrons. The second kappa shape index (κ2) is 4.42. The SMILES string of the molecule is CCCCC1(C)C=Cc2[nH]c(=O)sc2C=C1. The minimum atomic E-state index is 0.0245. The molecule has 0 bridgehead atoms. The Bertz CT molecular complexity index is 444. The highest BCUT2D eigenvalue weighted by Gasteiger charge is 2.19. The van der Waals surface area contributed by atoms with Crippen LogP contribution in [0.25, 0.3) is 12.2 Å². The van der Waals surface area contributed by atoms with Gasteiger partial charge in [-0.25, -0.2) is 0 Å². The molecule has 1 aliphatic rings. The van der Waals surface area contributed by atoms with E-state index in [0.717, 1.165) is 17.0 Å². The number of allylic oxidation sites excluding steroid dienone is 2. The van der Waals surface area contributed by atoms with Crippen molar-refractivity contribution < 1.29 is 0 Å². The molecular weight excluding hydrogens is 218 g/mol. The van der Waals surface area contributed by atoms with Crippen LogP contribution in [0.4, 0.5) is 0 Å². The monoisotopic (exact) mass is 235 g/mol. The molecule has 1 heterocycles. The first-order valence-corrected chi connectivity index (χ1v) is 6.56. The van der Waals surface area contributed by atoms with E-state index in [2.05, 4.69) is 37.1 Å². The fourth-order valence-corrected chi connectivity index (χ4v) is 2.65. The molecule has 1 aromatic rings. The number of hydrogen-bond donors (Lipinski definition) is 1. The fraction of sp³-hybridized carbons (Fsp3) is 0.462. The lowest BCUT2D eigenvalue weighted by Gasteiger charge is -2.20. The van der Waals surface area contributed by atoms with Gasteiger partial charge in [0.25, 0.3) is 0 Å². The van der Waals surface area contributed by atoms with E-state index in [-0.39, 0.29) is 10.3 Å². The molecule has 0 spiro atoms. The molecule has 86 valence electrons. The molecule has 1 unspecified atom stereocenters. The Morgan fingerprint density at radius 1 is 1.38 bits per heavy atom. The molecule has 1 aliphatic carbocycles. The molecule has 3 heteroatoms. The van der Waals surface area contributed by atoms with Crippen molar-refractivity contribution in [2.75, 3.05) is 0 Å². The summed E-state index contributed by atoms with van der Waals surface area (Å²) in [6, 6.07) is 0. The Balaban J connectivity index is 2.27. The molecule has 0 amide bonds. The average Bonchev–Trinajstić information content (AvgIpc) is 2.55. The predicted molar refractivity (Wildman–Crippen MR) is 70.6 cm³/mol. The van der Waals surface area contributed by atoms with E-state index in [1.807, 2.05) is 6.08 Å². The second-order valence-electron chi connectivity index (χ2n) is 4.57. The smallest absolute Gasteiger partial charge is 0.305 e. The largest absolute Gasteiger partial charge is 0.312 e. The van der Waals surface area contributed by atoms with Crippen LogP contribution in [-0.2, 0) is 0 Å². The molecule has 0 saturated heterocycles. The van der Waals surface area contributed by atoms with Gasteiger partial charge in [-0.2, -0.15) is 0 Å². The van der Waals surface area contributed by atoms with E-state index < -0.39 is 0 Å². The van der Waals surface area contributed by atoms with Gasteiger partial charge >= 0.3 is 4.87 Å². The van der Waals surface area contributed by atoms with E-state index in [1.165, 1.54) is 24.2 Å². The third-order valence-electron chi connectivity index (χ3n) is 3.02. The van der Waals surface area contributed by atoms with E-state index >= 15 is 0 Å². The highest BCUT2D eigenvalue weighted by Crippen LogP contribution is 2.32. The third kappa shape index (κ3) is 2.35. The minimum absolute atomic E-state index is 0.0245. The molecule has 0 saturated carbocycles. The quantitative estimate of drug-likeness (QED) is 0.851. The summed E-state index contributed by atoms with van der Waals surface area (Å²) in [5.41, 5.74) is 1.08. The Morgan fingerprint density at radius 2 is 2.12 bits per heavy atom. The van der Waals surface area contributed by atoms with Gasteiger partial charge in [-0.1, -0.05) is 50.2 Å². The first-order valence-electron chi connectivity index (χ1n) is 5.74. The van der Waals surface area contributed by atoms with Gasteiger partial charge < -0.3 is 4.98 Å². The Hall–Kier alpha value is -1.09. The van der Waals surface area contributed by atoms with Crippen LogP contribution in [0.15, 0.2) is 16.9 Å². The van der Waals surface area contributed by atoms with Crippen molar-refractivity contribution in [1.82, 2.24) is 4.98 Å². The van der Waals surface area contributed by atoms with Gasteiger partial charge in [0.15, 0.2) is 0 Å². The zero-order valence-corrected chi connectivity index (χ0v) is 10.6. The van der Waals surface area contributed by atoms with Crippen molar-refractivity contribution in [3.63, 3.8) is 0 Å². The van der Waals surface area contributed by atoms with Crippen LogP contribution >= 0.6 is 11.3 Å². The summed E-state index contributed by atoms with van der Waals surface area (Å²) >= 11 is 1.28. The molecule has 0 aromatic carbocycles. The molecule has 0 fully saturated rings. The van der Waals surface area contributed by atoms with Crippen LogP contribution < -0.4 is 4.87 Å². The lowest BCUT2D eigenvalue weighted by atomic mass is 9.84. The number of rotatable bonds is 3. The number of nitrogens with one attached hydrogen (secondary N) is 1. The van der Waals surface area contributed by atoms with Gasteiger partial charge in [-0.05, 0) is 18.6 Å². The van der Waals surface area contributed by atoms with Crippen LogP contribution in [0.5, 0.6) is 0 Å². The van der Waals surface area contributed by atoms with Gasteiger partial charge in [-0.3, -0.25) is 4.79 Å². The van der Waals surface area contributed by atoms with Crippen LogP contribution in [0, 0.1) is 5.41 Å². The molecular formula is C13H17NOS. The van der Waals surface area contributed by atoms with Crippen LogP contribution in [-0.4, -0.2) is 4.98 Å². The number of unbranched alkanes of at least 4 members (excludes halogenated alkanes) is 1. The van der Waals surface area contributed by atoms with Crippen molar-refractivity contribution in [2.24, 2.45) is 5.41 Å². The van der Waals surface area contributed by atoms with Crippen molar-refractivity contribution in [3.8, 4) is 0 Å². The zero-order chi connectivity index (χ0) is 11.6. The lowest BCUT2D eigenvalue weighted by Crippen LogP contribution is -2.08. The van der Waals surface area contributed by atoms with Gasteiger partial charge in [-0.15, -0.1) is 0 Å². The molecule has 0 aliphatic heterocycles. The maximum absolute atomic E-state index is 11.2. The Kier molecular flexibility index (Phi) is 3.15. The normalized spacial score (nSPS) is 23.1. The van der Waals surface area contributed by atoms with E-state index in [1.54, 1.807) is 0 Å². The van der Waals surface area contributed by atoms with Crippen LogP contribution in [0.1, 0.15) is 43.7 Å². The number of fused-ring (bicyclic) bond motifs is 1. The molecule has 16 heavy (non-hydrogen) atoms. The number of aromatic amines is 1. The summed E-state index contributed by atoms with van der Waals surface area (Å²) in [6.45, 7) is 4.45. The minimum Gasteiger partial charge on any atom is -0.312 e. The van der Waals surface area contributed by atoms with Gasteiger partial charge in [0.1, 0.15) is 0 Å². The maximum Gasteiger partial charge on any atom is 0.305 e. The molecule has 1 atom stereocenters. The van der Waals surface area contributed by atoms with Gasteiger partial charge in [0.05, 0.1) is 10.6 Å².